The van der Waals surface area contributed by atoms with E-state index in [4.69, 9.17) is 16.3 Å². The molecular formula is C21H33ClN2O4. The smallest absolute Gasteiger partial charge is 0.410 e. The molecule has 1 N–H and O–H groups in total. The van der Waals surface area contributed by atoms with E-state index in [1.54, 1.807) is 18.0 Å². The van der Waals surface area contributed by atoms with Crippen LogP contribution in [0.5, 0.6) is 0 Å². The van der Waals surface area contributed by atoms with Crippen molar-refractivity contribution in [1.29, 1.82) is 0 Å². The van der Waals surface area contributed by atoms with Crippen LogP contribution in [0.25, 0.3) is 0 Å². The van der Waals surface area contributed by atoms with Gasteiger partial charge in [0, 0.05) is 31.2 Å². The van der Waals surface area contributed by atoms with E-state index in [2.05, 4.69) is 11.8 Å². The number of amides is 1. The van der Waals surface area contributed by atoms with Crippen molar-refractivity contribution in [1.82, 2.24) is 9.80 Å². The highest BCUT2D eigenvalue weighted by Gasteiger charge is 2.24. The number of aromatic carboxylic acids is 1. The molecule has 1 aromatic carbocycles. The molecule has 0 aliphatic heterocycles. The summed E-state index contributed by atoms with van der Waals surface area (Å²) in [7, 11) is 1.74. The second kappa shape index (κ2) is 10.1. The van der Waals surface area contributed by atoms with Gasteiger partial charge in [-0.25, -0.2) is 9.59 Å². The van der Waals surface area contributed by atoms with Crippen molar-refractivity contribution in [3.63, 3.8) is 0 Å². The molecule has 1 atom stereocenters. The average molecular weight is 413 g/mol. The highest BCUT2D eigenvalue weighted by Crippen LogP contribution is 2.24. The van der Waals surface area contributed by atoms with Crippen LogP contribution in [-0.2, 0) is 11.3 Å². The van der Waals surface area contributed by atoms with E-state index in [1.165, 1.54) is 6.07 Å². The van der Waals surface area contributed by atoms with Gasteiger partial charge in [-0.15, -0.1) is 0 Å². The van der Waals surface area contributed by atoms with E-state index in [0.29, 0.717) is 18.1 Å². The van der Waals surface area contributed by atoms with Gasteiger partial charge >= 0.3 is 12.1 Å². The fourth-order valence-corrected chi connectivity index (χ4v) is 3.21. The Hall–Kier alpha value is -1.79. The Morgan fingerprint density at radius 1 is 1.29 bits per heavy atom. The monoisotopic (exact) mass is 412 g/mol. The summed E-state index contributed by atoms with van der Waals surface area (Å²) in [5.41, 5.74) is 1.41. The minimum atomic E-state index is -0.991. The zero-order valence-corrected chi connectivity index (χ0v) is 18.8. The Bertz CT molecular complexity index is 677. The maximum Gasteiger partial charge on any atom is 0.410 e. The van der Waals surface area contributed by atoms with Gasteiger partial charge in [-0.3, -0.25) is 4.90 Å². The Balaban J connectivity index is 2.91. The molecule has 158 valence electrons. The minimum absolute atomic E-state index is 0.0567. The van der Waals surface area contributed by atoms with Gasteiger partial charge in [0.25, 0.3) is 0 Å². The quantitative estimate of drug-likeness (QED) is 0.663. The van der Waals surface area contributed by atoms with Crippen LogP contribution in [0.2, 0.25) is 5.02 Å². The number of halogens is 1. The largest absolute Gasteiger partial charge is 0.478 e. The molecular weight excluding hydrogens is 380 g/mol. The van der Waals surface area contributed by atoms with E-state index >= 15 is 0 Å². The van der Waals surface area contributed by atoms with Crippen LogP contribution in [0.15, 0.2) is 12.1 Å². The number of carbonyl (C=O) groups excluding carboxylic acids is 1. The van der Waals surface area contributed by atoms with Crippen molar-refractivity contribution in [2.24, 2.45) is 0 Å². The first-order chi connectivity index (χ1) is 12.9. The number of likely N-dealkylation sites (N-methyl/N-ethyl adjacent to an activating group) is 1. The summed E-state index contributed by atoms with van der Waals surface area (Å²) in [6, 6.07) is 3.08. The molecule has 0 saturated heterocycles. The molecule has 0 unspecified atom stereocenters. The lowest BCUT2D eigenvalue weighted by atomic mass is 10.0. The highest BCUT2D eigenvalue weighted by molar-refractivity contribution is 6.31. The number of nitrogens with zero attached hydrogens (tertiary/aromatic N) is 2. The number of carboxylic acid groups (broad SMARTS) is 1. The number of ether oxygens (including phenoxy) is 1. The van der Waals surface area contributed by atoms with E-state index in [9.17, 15) is 14.7 Å². The molecule has 0 spiro atoms. The number of hydrogen-bond donors (Lipinski definition) is 1. The Kier molecular flexibility index (Phi) is 8.76. The molecule has 0 aromatic heterocycles. The molecule has 0 heterocycles. The second-order valence-electron chi connectivity index (χ2n) is 8.23. The van der Waals surface area contributed by atoms with Crippen LogP contribution < -0.4 is 0 Å². The predicted molar refractivity (Wildman–Crippen MR) is 112 cm³/mol. The van der Waals surface area contributed by atoms with Crippen molar-refractivity contribution in [3.8, 4) is 0 Å². The van der Waals surface area contributed by atoms with Crippen LogP contribution in [0, 0.1) is 6.92 Å². The Morgan fingerprint density at radius 2 is 1.89 bits per heavy atom. The SMILES string of the molecule is CCCN(Cc1c(C)cc(C(=O)O)cc1Cl)C[C@@H](C)N(C)C(=O)OC(C)(C)C. The fraction of sp³-hybridized carbons (Fsp3) is 0.619. The molecule has 1 aromatic rings. The number of benzene rings is 1. The maximum atomic E-state index is 12.3. The molecule has 0 saturated carbocycles. The first kappa shape index (κ1) is 24.2. The van der Waals surface area contributed by atoms with Crippen molar-refractivity contribution in [2.45, 2.75) is 66.2 Å². The average Bonchev–Trinajstić information content (AvgIpc) is 2.55. The van der Waals surface area contributed by atoms with Crippen molar-refractivity contribution in [2.75, 3.05) is 20.1 Å². The lowest BCUT2D eigenvalue weighted by Crippen LogP contribution is -2.45. The molecule has 28 heavy (non-hydrogen) atoms. The van der Waals surface area contributed by atoms with Crippen molar-refractivity contribution < 1.29 is 19.4 Å². The van der Waals surface area contributed by atoms with Gasteiger partial charge in [-0.2, -0.15) is 0 Å². The molecule has 0 bridgehead atoms. The molecule has 0 aliphatic rings. The number of aryl methyl sites for hydroxylation is 1. The van der Waals surface area contributed by atoms with Gasteiger partial charge in [0.2, 0.25) is 0 Å². The van der Waals surface area contributed by atoms with E-state index in [0.717, 1.165) is 24.1 Å². The zero-order chi connectivity index (χ0) is 21.6. The Labute approximate surface area is 173 Å². The van der Waals surface area contributed by atoms with Gasteiger partial charge in [0.15, 0.2) is 0 Å². The van der Waals surface area contributed by atoms with Crippen LogP contribution in [-0.4, -0.2) is 58.7 Å². The van der Waals surface area contributed by atoms with Gasteiger partial charge < -0.3 is 14.7 Å². The summed E-state index contributed by atoms with van der Waals surface area (Å²) in [5.74, 6) is -0.991. The lowest BCUT2D eigenvalue weighted by molar-refractivity contribution is 0.0201. The lowest BCUT2D eigenvalue weighted by Gasteiger charge is -2.32. The minimum Gasteiger partial charge on any atom is -0.478 e. The summed E-state index contributed by atoms with van der Waals surface area (Å²) < 4.78 is 5.45. The summed E-state index contributed by atoms with van der Waals surface area (Å²) in [6.45, 7) is 13.6. The highest BCUT2D eigenvalue weighted by atomic mass is 35.5. The van der Waals surface area contributed by atoms with Gasteiger partial charge in [0.1, 0.15) is 5.60 Å². The normalized spacial score (nSPS) is 12.8. The van der Waals surface area contributed by atoms with Crippen LogP contribution >= 0.6 is 11.6 Å². The summed E-state index contributed by atoms with van der Waals surface area (Å²) in [6.07, 6.45) is 0.601. The Morgan fingerprint density at radius 3 is 2.36 bits per heavy atom. The second-order valence-corrected chi connectivity index (χ2v) is 8.64. The molecule has 6 nitrogen and oxygen atoms in total. The third kappa shape index (κ3) is 7.32. The number of carboxylic acids is 1. The van der Waals surface area contributed by atoms with Gasteiger partial charge in [-0.1, -0.05) is 18.5 Å². The molecule has 1 rings (SSSR count). The summed E-state index contributed by atoms with van der Waals surface area (Å²) in [5, 5.41) is 9.64. The van der Waals surface area contributed by atoms with Crippen LogP contribution in [0.3, 0.4) is 0 Å². The number of rotatable bonds is 8. The zero-order valence-electron chi connectivity index (χ0n) is 18.0. The fourth-order valence-electron chi connectivity index (χ4n) is 2.88. The standard InChI is InChI=1S/C21H33ClN2O4/c1-8-9-24(12-15(3)23(7)20(27)28-21(4,5)6)13-17-14(2)10-16(19(25)26)11-18(17)22/h10-11,15H,8-9,12-13H2,1-7H3,(H,25,26)/t15-/m1/s1. The van der Waals surface area contributed by atoms with E-state index in [1.807, 2.05) is 34.6 Å². The molecule has 0 radical (unpaired) electrons. The van der Waals surface area contributed by atoms with E-state index < -0.39 is 11.6 Å². The van der Waals surface area contributed by atoms with Crippen LogP contribution in [0.4, 0.5) is 4.79 Å². The predicted octanol–water partition coefficient (Wildman–Crippen LogP) is 4.81. The summed E-state index contributed by atoms with van der Waals surface area (Å²) in [4.78, 5) is 27.4. The maximum absolute atomic E-state index is 12.3. The summed E-state index contributed by atoms with van der Waals surface area (Å²) >= 11 is 6.37. The van der Waals surface area contributed by atoms with Gasteiger partial charge in [-0.05, 0) is 70.8 Å². The molecule has 7 heteroatoms. The first-order valence-corrected chi connectivity index (χ1v) is 9.94. The van der Waals surface area contributed by atoms with Crippen LogP contribution in [0.1, 0.15) is 62.5 Å². The van der Waals surface area contributed by atoms with E-state index in [-0.39, 0.29) is 17.7 Å². The first-order valence-electron chi connectivity index (χ1n) is 9.56. The number of carbonyl (C=O) groups is 2. The van der Waals surface area contributed by atoms with Gasteiger partial charge in [0.05, 0.1) is 5.56 Å². The molecule has 0 aliphatic carbocycles. The van der Waals surface area contributed by atoms with Crippen molar-refractivity contribution in [3.05, 3.63) is 33.8 Å². The number of hydrogen-bond acceptors (Lipinski definition) is 4. The van der Waals surface area contributed by atoms with Crippen molar-refractivity contribution >= 4 is 23.7 Å². The molecule has 0 fully saturated rings. The topological polar surface area (TPSA) is 70.1 Å². The third-order valence-corrected chi connectivity index (χ3v) is 4.79. The third-order valence-electron chi connectivity index (χ3n) is 4.45. The molecule has 1 amide bonds.